The van der Waals surface area contributed by atoms with Crippen molar-refractivity contribution in [3.05, 3.63) is 48.6 Å². The normalized spacial score (nSPS) is 14.6. The number of nitrogens with zero attached hydrogens (tertiary/aromatic N) is 1. The molecular formula is C24H41NO2. The summed E-state index contributed by atoms with van der Waals surface area (Å²) >= 11 is 0. The van der Waals surface area contributed by atoms with Gasteiger partial charge in [-0.15, -0.1) is 0 Å². The molecule has 0 aliphatic heterocycles. The van der Waals surface area contributed by atoms with Gasteiger partial charge in [0, 0.05) is 5.54 Å². The molecule has 0 heterocycles. The van der Waals surface area contributed by atoms with Gasteiger partial charge in [-0.05, 0) is 72.9 Å². The minimum Gasteiger partial charge on any atom is -0.481 e. The van der Waals surface area contributed by atoms with Crippen LogP contribution in [0.2, 0.25) is 0 Å². The first-order valence-corrected chi connectivity index (χ1v) is 9.86. The molecule has 0 aliphatic carbocycles. The maximum atomic E-state index is 11.3. The van der Waals surface area contributed by atoms with Crippen molar-refractivity contribution in [1.29, 1.82) is 0 Å². The molecule has 0 amide bonds. The Hall–Kier alpha value is -1.61. The molecule has 0 atom stereocenters. The molecule has 0 aliphatic rings. The Balaban J connectivity index is 4.19. The number of aliphatic carboxylic acids is 1. The van der Waals surface area contributed by atoms with Crippen LogP contribution in [0.15, 0.2) is 48.6 Å². The summed E-state index contributed by atoms with van der Waals surface area (Å²) < 4.78 is 0. The molecule has 0 saturated carbocycles. The summed E-state index contributed by atoms with van der Waals surface area (Å²) in [4.78, 5) is 13.5. The number of rotatable bonds is 12. The number of hydrogen-bond acceptors (Lipinski definition) is 2. The molecule has 0 fully saturated rings. The number of likely N-dealkylation sites (N-methyl/N-ethyl adjacent to an activating group) is 1. The van der Waals surface area contributed by atoms with Gasteiger partial charge in [0.2, 0.25) is 0 Å². The van der Waals surface area contributed by atoms with Gasteiger partial charge in [0.1, 0.15) is 0 Å². The minimum absolute atomic E-state index is 0.0908. The van der Waals surface area contributed by atoms with E-state index in [4.69, 9.17) is 0 Å². The monoisotopic (exact) mass is 375 g/mol. The molecule has 0 aromatic carbocycles. The molecule has 0 aromatic heterocycles. The fraction of sp³-hybridized carbons (Fsp3) is 0.625. The molecule has 27 heavy (non-hydrogen) atoms. The third kappa shape index (κ3) is 11.7. The van der Waals surface area contributed by atoms with E-state index in [0.717, 1.165) is 19.3 Å². The van der Waals surface area contributed by atoms with Gasteiger partial charge in [-0.3, -0.25) is 4.79 Å². The Morgan fingerprint density at radius 3 is 1.59 bits per heavy atom. The van der Waals surface area contributed by atoms with Crippen molar-refractivity contribution >= 4 is 5.97 Å². The van der Waals surface area contributed by atoms with Gasteiger partial charge >= 0.3 is 5.97 Å². The predicted molar refractivity (Wildman–Crippen MR) is 118 cm³/mol. The van der Waals surface area contributed by atoms with Crippen molar-refractivity contribution in [3.8, 4) is 0 Å². The standard InChI is InChI=1S/C24H41NO2/c1-22(2,20-23(3,4)21(26)27)18-16-14-12-10-9-11-13-15-17-19-24(5,6)25(7)8/h10-13,16-19H,9,14-15,20H2,1-8H3,(H,26,27)/b12-10-,13-11-,18-16-,19-17-. The average Bonchev–Trinajstić information content (AvgIpc) is 2.51. The van der Waals surface area contributed by atoms with E-state index in [1.807, 2.05) is 0 Å². The lowest BCUT2D eigenvalue weighted by molar-refractivity contribution is -0.148. The van der Waals surface area contributed by atoms with Crippen molar-refractivity contribution in [3.63, 3.8) is 0 Å². The maximum absolute atomic E-state index is 11.3. The van der Waals surface area contributed by atoms with Gasteiger partial charge in [-0.25, -0.2) is 0 Å². The van der Waals surface area contributed by atoms with Gasteiger partial charge in [-0.2, -0.15) is 0 Å². The average molecular weight is 376 g/mol. The van der Waals surface area contributed by atoms with Crippen molar-refractivity contribution in [2.24, 2.45) is 10.8 Å². The van der Waals surface area contributed by atoms with Crippen LogP contribution < -0.4 is 0 Å². The second-order valence-electron chi connectivity index (χ2n) is 9.36. The third-order valence-corrected chi connectivity index (χ3v) is 4.87. The predicted octanol–water partition coefficient (Wildman–Crippen LogP) is 6.25. The van der Waals surface area contributed by atoms with E-state index in [0.29, 0.717) is 6.42 Å². The summed E-state index contributed by atoms with van der Waals surface area (Å²) in [5, 5.41) is 9.27. The van der Waals surface area contributed by atoms with Crippen molar-refractivity contribution in [2.75, 3.05) is 14.1 Å². The van der Waals surface area contributed by atoms with Crippen LogP contribution in [0.25, 0.3) is 0 Å². The number of hydrogen-bond donors (Lipinski definition) is 1. The zero-order valence-electron chi connectivity index (χ0n) is 18.7. The summed E-state index contributed by atoms with van der Waals surface area (Å²) in [6.07, 6.45) is 20.8. The van der Waals surface area contributed by atoms with Crippen LogP contribution in [0.3, 0.4) is 0 Å². The molecule has 0 aromatic rings. The van der Waals surface area contributed by atoms with Crippen LogP contribution in [0, 0.1) is 10.8 Å². The number of carbonyl (C=O) groups is 1. The topological polar surface area (TPSA) is 40.5 Å². The van der Waals surface area contributed by atoms with E-state index in [1.165, 1.54) is 0 Å². The Morgan fingerprint density at radius 1 is 0.778 bits per heavy atom. The van der Waals surface area contributed by atoms with Crippen LogP contribution in [0.4, 0.5) is 0 Å². The van der Waals surface area contributed by atoms with Crippen LogP contribution in [-0.2, 0) is 4.79 Å². The molecule has 1 N–H and O–H groups in total. The zero-order valence-corrected chi connectivity index (χ0v) is 18.7. The highest BCUT2D eigenvalue weighted by atomic mass is 16.4. The Morgan fingerprint density at radius 2 is 1.19 bits per heavy atom. The van der Waals surface area contributed by atoms with E-state index in [2.05, 4.69) is 95.3 Å². The second kappa shape index (κ2) is 11.3. The van der Waals surface area contributed by atoms with Gasteiger partial charge in [0.05, 0.1) is 5.41 Å². The Kier molecular flexibility index (Phi) is 10.6. The number of carboxylic acids is 1. The molecule has 0 bridgehead atoms. The fourth-order valence-corrected chi connectivity index (χ4v) is 2.79. The van der Waals surface area contributed by atoms with E-state index in [1.54, 1.807) is 13.8 Å². The molecule has 154 valence electrons. The lowest BCUT2D eigenvalue weighted by atomic mass is 9.75. The highest BCUT2D eigenvalue weighted by Gasteiger charge is 2.33. The summed E-state index contributed by atoms with van der Waals surface area (Å²) in [5.74, 6) is -0.740. The smallest absolute Gasteiger partial charge is 0.309 e. The van der Waals surface area contributed by atoms with Gasteiger partial charge < -0.3 is 10.0 Å². The highest BCUT2D eigenvalue weighted by molar-refractivity contribution is 5.73. The van der Waals surface area contributed by atoms with Gasteiger partial charge in [0.25, 0.3) is 0 Å². The van der Waals surface area contributed by atoms with Crippen molar-refractivity contribution < 1.29 is 9.90 Å². The fourth-order valence-electron chi connectivity index (χ4n) is 2.79. The van der Waals surface area contributed by atoms with Crippen LogP contribution in [-0.4, -0.2) is 35.6 Å². The van der Waals surface area contributed by atoms with Crippen LogP contribution in [0.1, 0.15) is 67.2 Å². The molecular weight excluding hydrogens is 334 g/mol. The first-order chi connectivity index (χ1) is 12.3. The molecule has 3 nitrogen and oxygen atoms in total. The minimum atomic E-state index is -0.740. The van der Waals surface area contributed by atoms with Gasteiger partial charge in [0.15, 0.2) is 0 Å². The lowest BCUT2D eigenvalue weighted by Crippen LogP contribution is -2.35. The maximum Gasteiger partial charge on any atom is 0.309 e. The third-order valence-electron chi connectivity index (χ3n) is 4.87. The SMILES string of the molecule is CN(C)C(C)(C)/C=C\C/C=C\C/C=C\C/C=C\C(C)(C)CC(C)(C)C(=O)O. The summed E-state index contributed by atoms with van der Waals surface area (Å²) in [7, 11) is 4.18. The molecule has 0 unspecified atom stereocenters. The van der Waals surface area contributed by atoms with Crippen LogP contribution in [0.5, 0.6) is 0 Å². The van der Waals surface area contributed by atoms with Crippen molar-refractivity contribution in [1.82, 2.24) is 4.90 Å². The van der Waals surface area contributed by atoms with E-state index in [9.17, 15) is 9.90 Å². The molecule has 3 heteroatoms. The number of allylic oxidation sites excluding steroid dienone is 7. The summed E-state index contributed by atoms with van der Waals surface area (Å²) in [6, 6.07) is 0. The van der Waals surface area contributed by atoms with E-state index >= 15 is 0 Å². The van der Waals surface area contributed by atoms with E-state index < -0.39 is 11.4 Å². The summed E-state index contributed by atoms with van der Waals surface area (Å²) in [6.45, 7) is 12.2. The second-order valence-corrected chi connectivity index (χ2v) is 9.36. The summed E-state index contributed by atoms with van der Waals surface area (Å²) in [5.41, 5.74) is -0.736. The molecule has 0 rings (SSSR count). The van der Waals surface area contributed by atoms with Crippen LogP contribution >= 0.6 is 0 Å². The molecule has 0 saturated heterocycles. The first kappa shape index (κ1) is 25.4. The lowest BCUT2D eigenvalue weighted by Gasteiger charge is -2.29. The largest absolute Gasteiger partial charge is 0.481 e. The van der Waals surface area contributed by atoms with Crippen molar-refractivity contribution in [2.45, 2.75) is 72.8 Å². The van der Waals surface area contributed by atoms with Gasteiger partial charge in [-0.1, -0.05) is 62.5 Å². The quantitative estimate of drug-likeness (QED) is 0.410. The zero-order chi connectivity index (χ0) is 21.1. The molecule has 0 spiro atoms. The molecule has 0 radical (unpaired) electrons. The Labute approximate surface area is 167 Å². The first-order valence-electron chi connectivity index (χ1n) is 9.86. The number of carboxylic acid groups (broad SMARTS) is 1. The highest BCUT2D eigenvalue weighted by Crippen LogP contribution is 2.35. The van der Waals surface area contributed by atoms with E-state index in [-0.39, 0.29) is 11.0 Å². The Bertz CT molecular complexity index is 561.